The number of rotatable bonds is 4. The first-order valence-corrected chi connectivity index (χ1v) is 7.67. The normalized spacial score (nSPS) is 25.6. The average Bonchev–Trinajstić information content (AvgIpc) is 2.40. The van der Waals surface area contributed by atoms with Crippen molar-refractivity contribution in [2.75, 3.05) is 33.2 Å². The summed E-state index contributed by atoms with van der Waals surface area (Å²) in [5.41, 5.74) is 0.0120. The topological polar surface area (TPSA) is 41.4 Å². The minimum absolute atomic E-state index is 0.0120. The molecule has 1 aromatic heterocycles. The first kappa shape index (κ1) is 13.8. The number of aromatic nitrogens is 2. The maximum atomic E-state index is 11.6. The second-order valence-electron chi connectivity index (χ2n) is 6.26. The number of likely N-dealkylation sites (N-methyl/N-ethyl adjacent to an activating group) is 1. The lowest BCUT2D eigenvalue weighted by atomic mass is 9.96. The Kier molecular flexibility index (Phi) is 4.17. The van der Waals surface area contributed by atoms with Crippen molar-refractivity contribution in [2.24, 2.45) is 5.92 Å². The SMILES string of the molecule is CN1CCCCC1CN1CC(Cn2ncccc2=O)C1. The minimum atomic E-state index is 0.0120. The van der Waals surface area contributed by atoms with Crippen LogP contribution in [-0.4, -0.2) is 58.8 Å². The average molecular weight is 276 g/mol. The zero-order valence-electron chi connectivity index (χ0n) is 12.2. The van der Waals surface area contributed by atoms with Crippen LogP contribution in [0.25, 0.3) is 0 Å². The molecule has 1 unspecified atom stereocenters. The largest absolute Gasteiger partial charge is 0.302 e. The van der Waals surface area contributed by atoms with Crippen LogP contribution < -0.4 is 5.56 Å². The molecule has 5 nitrogen and oxygen atoms in total. The molecule has 0 spiro atoms. The summed E-state index contributed by atoms with van der Waals surface area (Å²) in [5.74, 6) is 0.580. The summed E-state index contributed by atoms with van der Waals surface area (Å²) < 4.78 is 1.59. The number of likely N-dealkylation sites (tertiary alicyclic amines) is 2. The van der Waals surface area contributed by atoms with Gasteiger partial charge >= 0.3 is 0 Å². The molecule has 0 saturated carbocycles. The molecule has 1 atom stereocenters. The lowest BCUT2D eigenvalue weighted by molar-refractivity contribution is 0.0427. The van der Waals surface area contributed by atoms with E-state index in [-0.39, 0.29) is 5.56 Å². The number of nitrogens with zero attached hydrogens (tertiary/aromatic N) is 4. The van der Waals surface area contributed by atoms with Crippen molar-refractivity contribution in [3.05, 3.63) is 28.7 Å². The van der Waals surface area contributed by atoms with Crippen molar-refractivity contribution in [2.45, 2.75) is 31.8 Å². The van der Waals surface area contributed by atoms with E-state index in [1.54, 1.807) is 23.0 Å². The Morgan fingerprint density at radius 3 is 2.90 bits per heavy atom. The van der Waals surface area contributed by atoms with Gasteiger partial charge in [-0.3, -0.25) is 4.79 Å². The van der Waals surface area contributed by atoms with E-state index in [9.17, 15) is 4.79 Å². The highest BCUT2D eigenvalue weighted by Crippen LogP contribution is 2.21. The van der Waals surface area contributed by atoms with Crippen LogP contribution in [0.4, 0.5) is 0 Å². The molecule has 2 aliphatic rings. The van der Waals surface area contributed by atoms with Crippen LogP contribution in [0.2, 0.25) is 0 Å². The Morgan fingerprint density at radius 2 is 2.15 bits per heavy atom. The van der Waals surface area contributed by atoms with Gasteiger partial charge in [-0.2, -0.15) is 5.10 Å². The van der Waals surface area contributed by atoms with E-state index in [1.807, 2.05) is 0 Å². The molecular weight excluding hydrogens is 252 g/mol. The monoisotopic (exact) mass is 276 g/mol. The highest BCUT2D eigenvalue weighted by atomic mass is 16.1. The lowest BCUT2D eigenvalue weighted by Gasteiger charge is -2.44. The molecule has 1 aromatic rings. The summed E-state index contributed by atoms with van der Waals surface area (Å²) in [6.45, 7) is 5.40. The van der Waals surface area contributed by atoms with Crippen molar-refractivity contribution in [1.29, 1.82) is 0 Å². The van der Waals surface area contributed by atoms with Crippen molar-refractivity contribution in [3.63, 3.8) is 0 Å². The first-order chi connectivity index (χ1) is 9.72. The van der Waals surface area contributed by atoms with E-state index in [4.69, 9.17) is 0 Å². The zero-order valence-corrected chi connectivity index (χ0v) is 12.2. The predicted octanol–water partition coefficient (Wildman–Crippen LogP) is 0.659. The molecule has 110 valence electrons. The van der Waals surface area contributed by atoms with Gasteiger partial charge in [0.1, 0.15) is 0 Å². The highest BCUT2D eigenvalue weighted by Gasteiger charge is 2.30. The van der Waals surface area contributed by atoms with Crippen LogP contribution in [0.5, 0.6) is 0 Å². The van der Waals surface area contributed by atoms with Gasteiger partial charge in [-0.15, -0.1) is 0 Å². The molecule has 2 saturated heterocycles. The van der Waals surface area contributed by atoms with Crippen molar-refractivity contribution in [1.82, 2.24) is 19.6 Å². The molecule has 2 aliphatic heterocycles. The smallest absolute Gasteiger partial charge is 0.266 e. The van der Waals surface area contributed by atoms with E-state index in [0.29, 0.717) is 5.92 Å². The van der Waals surface area contributed by atoms with Gasteiger partial charge in [0.05, 0.1) is 6.54 Å². The fourth-order valence-electron chi connectivity index (χ4n) is 3.38. The second kappa shape index (κ2) is 6.06. The van der Waals surface area contributed by atoms with E-state index < -0.39 is 0 Å². The van der Waals surface area contributed by atoms with Gasteiger partial charge in [0.2, 0.25) is 0 Å². The summed E-state index contributed by atoms with van der Waals surface area (Å²) in [5, 5.41) is 4.13. The summed E-state index contributed by atoms with van der Waals surface area (Å²) in [4.78, 5) is 16.6. The predicted molar refractivity (Wildman–Crippen MR) is 78.7 cm³/mol. The Balaban J connectivity index is 1.45. The highest BCUT2D eigenvalue weighted by molar-refractivity contribution is 4.88. The fourth-order valence-corrected chi connectivity index (χ4v) is 3.38. The van der Waals surface area contributed by atoms with Gasteiger partial charge in [0.15, 0.2) is 0 Å². The maximum absolute atomic E-state index is 11.6. The zero-order chi connectivity index (χ0) is 13.9. The molecule has 20 heavy (non-hydrogen) atoms. The van der Waals surface area contributed by atoms with Crippen LogP contribution in [0.1, 0.15) is 19.3 Å². The van der Waals surface area contributed by atoms with E-state index in [1.165, 1.54) is 32.4 Å². The minimum Gasteiger partial charge on any atom is -0.302 e. The third-order valence-corrected chi connectivity index (χ3v) is 4.64. The summed E-state index contributed by atoms with van der Waals surface area (Å²) in [7, 11) is 2.24. The fraction of sp³-hybridized carbons (Fsp3) is 0.733. The number of hydrogen-bond acceptors (Lipinski definition) is 4. The van der Waals surface area contributed by atoms with E-state index >= 15 is 0 Å². The second-order valence-corrected chi connectivity index (χ2v) is 6.26. The molecular formula is C15H24N4O. The molecule has 3 rings (SSSR count). The summed E-state index contributed by atoms with van der Waals surface area (Å²) >= 11 is 0. The third-order valence-electron chi connectivity index (χ3n) is 4.64. The van der Waals surface area contributed by atoms with Crippen LogP contribution in [0.3, 0.4) is 0 Å². The third kappa shape index (κ3) is 3.10. The van der Waals surface area contributed by atoms with Crippen LogP contribution in [0.15, 0.2) is 23.1 Å². The Bertz CT molecular complexity index is 495. The molecule has 5 heteroatoms. The molecule has 0 aromatic carbocycles. The molecule has 0 radical (unpaired) electrons. The molecule has 0 aliphatic carbocycles. The van der Waals surface area contributed by atoms with Crippen LogP contribution >= 0.6 is 0 Å². The molecule has 0 amide bonds. The Hall–Kier alpha value is -1.20. The number of piperidine rings is 1. The van der Waals surface area contributed by atoms with Crippen molar-refractivity contribution in [3.8, 4) is 0 Å². The van der Waals surface area contributed by atoms with Crippen LogP contribution in [0, 0.1) is 5.92 Å². The lowest BCUT2D eigenvalue weighted by Crippen LogP contribution is -2.54. The molecule has 3 heterocycles. The van der Waals surface area contributed by atoms with Gasteiger partial charge in [0, 0.05) is 43.9 Å². The first-order valence-electron chi connectivity index (χ1n) is 7.67. The molecule has 2 fully saturated rings. The number of hydrogen-bond donors (Lipinski definition) is 0. The maximum Gasteiger partial charge on any atom is 0.266 e. The standard InChI is InChI=1S/C15H24N4O/c1-17-8-3-2-5-14(17)12-18-9-13(10-18)11-19-15(20)6-4-7-16-19/h4,6-7,13-14H,2-3,5,8-12H2,1H3. The quantitative estimate of drug-likeness (QED) is 0.810. The van der Waals surface area contributed by atoms with Crippen molar-refractivity contribution >= 4 is 0 Å². The summed E-state index contributed by atoms with van der Waals surface area (Å²) in [6.07, 6.45) is 5.74. The van der Waals surface area contributed by atoms with Gasteiger partial charge in [-0.25, -0.2) is 4.68 Å². The van der Waals surface area contributed by atoms with E-state index in [2.05, 4.69) is 21.9 Å². The van der Waals surface area contributed by atoms with Gasteiger partial charge in [-0.1, -0.05) is 6.42 Å². The van der Waals surface area contributed by atoms with E-state index in [0.717, 1.165) is 25.7 Å². The van der Waals surface area contributed by atoms with Crippen LogP contribution in [-0.2, 0) is 6.54 Å². The molecule has 0 N–H and O–H groups in total. The van der Waals surface area contributed by atoms with Gasteiger partial charge in [-0.05, 0) is 32.5 Å². The Labute approximate surface area is 120 Å². The Morgan fingerprint density at radius 1 is 1.30 bits per heavy atom. The van der Waals surface area contributed by atoms with Crippen molar-refractivity contribution < 1.29 is 0 Å². The molecule has 0 bridgehead atoms. The van der Waals surface area contributed by atoms with Gasteiger partial charge < -0.3 is 9.80 Å². The van der Waals surface area contributed by atoms with Gasteiger partial charge in [0.25, 0.3) is 5.56 Å². The summed E-state index contributed by atoms with van der Waals surface area (Å²) in [6, 6.07) is 4.01.